The molecule has 0 radical (unpaired) electrons. The third-order valence-electron chi connectivity index (χ3n) is 3.74. The fourth-order valence-corrected chi connectivity index (χ4v) is 2.51. The van der Waals surface area contributed by atoms with Gasteiger partial charge in [-0.1, -0.05) is 24.3 Å². The number of nitrogens with zero attached hydrogens (tertiary/aromatic N) is 1. The van der Waals surface area contributed by atoms with Crippen LogP contribution in [0.2, 0.25) is 0 Å². The van der Waals surface area contributed by atoms with Gasteiger partial charge < -0.3 is 5.32 Å². The summed E-state index contributed by atoms with van der Waals surface area (Å²) >= 11 is 0. The van der Waals surface area contributed by atoms with Gasteiger partial charge >= 0.3 is 6.03 Å². The zero-order chi connectivity index (χ0) is 13.9. The Balaban J connectivity index is 1.48. The summed E-state index contributed by atoms with van der Waals surface area (Å²) < 4.78 is 0. The van der Waals surface area contributed by atoms with Crippen molar-refractivity contribution in [2.45, 2.75) is 31.8 Å². The summed E-state index contributed by atoms with van der Waals surface area (Å²) in [5, 5.41) is 5.14. The first-order chi connectivity index (χ1) is 9.70. The molecule has 1 heterocycles. The van der Waals surface area contributed by atoms with E-state index in [1.54, 1.807) is 0 Å². The third kappa shape index (κ3) is 3.36. The van der Waals surface area contributed by atoms with Gasteiger partial charge in [-0.25, -0.2) is 4.79 Å². The molecular formula is C15H19N3O2. The van der Waals surface area contributed by atoms with Crippen LogP contribution in [0.5, 0.6) is 0 Å². The number of carbonyl (C=O) groups excluding carboxylic acids is 2. The molecule has 1 fully saturated rings. The topological polar surface area (TPSA) is 61.4 Å². The van der Waals surface area contributed by atoms with Crippen LogP contribution in [-0.4, -0.2) is 36.0 Å². The van der Waals surface area contributed by atoms with E-state index < -0.39 is 0 Å². The number of benzene rings is 1. The molecule has 0 saturated heterocycles. The van der Waals surface area contributed by atoms with Crippen LogP contribution in [0.15, 0.2) is 24.3 Å². The van der Waals surface area contributed by atoms with E-state index in [9.17, 15) is 9.59 Å². The predicted octanol–water partition coefficient (Wildman–Crippen LogP) is 1.03. The second kappa shape index (κ2) is 5.63. The first-order valence-electron chi connectivity index (χ1n) is 7.10. The molecule has 1 aliphatic carbocycles. The molecule has 1 aromatic rings. The van der Waals surface area contributed by atoms with E-state index in [0.29, 0.717) is 0 Å². The van der Waals surface area contributed by atoms with Gasteiger partial charge in [-0.2, -0.15) is 0 Å². The molecule has 20 heavy (non-hydrogen) atoms. The monoisotopic (exact) mass is 273 g/mol. The molecule has 1 aliphatic heterocycles. The molecular weight excluding hydrogens is 254 g/mol. The van der Waals surface area contributed by atoms with Crippen LogP contribution in [0.4, 0.5) is 4.79 Å². The average Bonchev–Trinajstić information content (AvgIpc) is 3.22. The number of hydrogen-bond donors (Lipinski definition) is 2. The summed E-state index contributed by atoms with van der Waals surface area (Å²) in [5.41, 5.74) is 2.63. The van der Waals surface area contributed by atoms with Crippen molar-refractivity contribution < 1.29 is 9.59 Å². The molecule has 0 atom stereocenters. The molecule has 0 bridgehead atoms. The lowest BCUT2D eigenvalue weighted by Gasteiger charge is -2.27. The maximum absolute atomic E-state index is 11.8. The summed E-state index contributed by atoms with van der Waals surface area (Å²) in [7, 11) is 0. The highest BCUT2D eigenvalue weighted by atomic mass is 16.2. The largest absolute Gasteiger partial charge is 0.335 e. The zero-order valence-corrected chi connectivity index (χ0v) is 11.4. The quantitative estimate of drug-likeness (QED) is 0.865. The third-order valence-corrected chi connectivity index (χ3v) is 3.74. The Kier molecular flexibility index (Phi) is 3.69. The number of rotatable bonds is 3. The normalized spacial score (nSPS) is 18.2. The Morgan fingerprint density at radius 3 is 2.70 bits per heavy atom. The number of urea groups is 1. The van der Waals surface area contributed by atoms with E-state index in [1.807, 2.05) is 12.1 Å². The highest BCUT2D eigenvalue weighted by Gasteiger charge is 2.24. The van der Waals surface area contributed by atoms with E-state index in [4.69, 9.17) is 0 Å². The Labute approximate surface area is 118 Å². The lowest BCUT2D eigenvalue weighted by molar-refractivity contribution is -0.121. The molecule has 3 amide bonds. The number of nitrogens with one attached hydrogen (secondary N) is 2. The van der Waals surface area contributed by atoms with Gasteiger partial charge in [-0.05, 0) is 30.4 Å². The average molecular weight is 273 g/mol. The number of carbonyl (C=O) groups is 2. The van der Waals surface area contributed by atoms with Gasteiger partial charge in [0.05, 0.1) is 6.54 Å². The highest BCUT2D eigenvalue weighted by Crippen LogP contribution is 2.19. The van der Waals surface area contributed by atoms with Crippen molar-refractivity contribution >= 4 is 11.9 Å². The van der Waals surface area contributed by atoms with E-state index in [0.717, 1.165) is 32.4 Å². The summed E-state index contributed by atoms with van der Waals surface area (Å²) in [4.78, 5) is 25.4. The minimum atomic E-state index is -0.366. The zero-order valence-electron chi connectivity index (χ0n) is 11.4. The van der Waals surface area contributed by atoms with E-state index in [-0.39, 0.29) is 24.5 Å². The van der Waals surface area contributed by atoms with Gasteiger partial charge in [0.2, 0.25) is 5.91 Å². The van der Waals surface area contributed by atoms with Crippen LogP contribution in [0.25, 0.3) is 0 Å². The van der Waals surface area contributed by atoms with Gasteiger partial charge in [0.1, 0.15) is 0 Å². The summed E-state index contributed by atoms with van der Waals surface area (Å²) in [6, 6.07) is 8.20. The first-order valence-corrected chi connectivity index (χ1v) is 7.10. The van der Waals surface area contributed by atoms with Gasteiger partial charge in [0.25, 0.3) is 0 Å². The van der Waals surface area contributed by atoms with Crippen molar-refractivity contribution in [1.82, 2.24) is 15.5 Å². The predicted molar refractivity (Wildman–Crippen MR) is 75.1 cm³/mol. The molecule has 1 aromatic carbocycles. The maximum atomic E-state index is 11.8. The van der Waals surface area contributed by atoms with Gasteiger partial charge in [-0.15, -0.1) is 0 Å². The number of fused-ring (bicyclic) bond motifs is 1. The molecule has 5 heteroatoms. The van der Waals surface area contributed by atoms with Crippen LogP contribution in [0, 0.1) is 0 Å². The standard InChI is InChI=1S/C15H19N3O2/c19-14(17-15(20)16-13-5-6-13)10-18-8-7-11-3-1-2-4-12(11)9-18/h1-4,13H,5-10H2,(H2,16,17,19,20). The molecule has 0 aromatic heterocycles. The molecule has 0 spiro atoms. The van der Waals surface area contributed by atoms with Gasteiger partial charge in [0.15, 0.2) is 0 Å². The molecule has 5 nitrogen and oxygen atoms in total. The number of imide groups is 1. The molecule has 2 N–H and O–H groups in total. The summed E-state index contributed by atoms with van der Waals surface area (Å²) in [5.74, 6) is -0.234. The Bertz CT molecular complexity index is 526. The van der Waals surface area contributed by atoms with Crippen LogP contribution >= 0.6 is 0 Å². The highest BCUT2D eigenvalue weighted by molar-refractivity contribution is 5.95. The fraction of sp³-hybridized carbons (Fsp3) is 0.467. The maximum Gasteiger partial charge on any atom is 0.321 e. The fourth-order valence-electron chi connectivity index (χ4n) is 2.51. The van der Waals surface area contributed by atoms with Gasteiger partial charge in [0, 0.05) is 19.1 Å². The minimum Gasteiger partial charge on any atom is -0.335 e. The van der Waals surface area contributed by atoms with Crippen LogP contribution in [0.3, 0.4) is 0 Å². The van der Waals surface area contributed by atoms with Crippen LogP contribution < -0.4 is 10.6 Å². The molecule has 3 rings (SSSR count). The van der Waals surface area contributed by atoms with E-state index >= 15 is 0 Å². The lowest BCUT2D eigenvalue weighted by Crippen LogP contribution is -2.46. The van der Waals surface area contributed by atoms with Crippen LogP contribution in [0.1, 0.15) is 24.0 Å². The van der Waals surface area contributed by atoms with Crippen LogP contribution in [-0.2, 0) is 17.8 Å². The molecule has 0 unspecified atom stereocenters. The van der Waals surface area contributed by atoms with E-state index in [2.05, 4.69) is 27.7 Å². The summed E-state index contributed by atoms with van der Waals surface area (Å²) in [6.45, 7) is 1.90. The van der Waals surface area contributed by atoms with Crippen molar-refractivity contribution in [1.29, 1.82) is 0 Å². The Morgan fingerprint density at radius 1 is 1.20 bits per heavy atom. The second-order valence-electron chi connectivity index (χ2n) is 5.53. The summed E-state index contributed by atoms with van der Waals surface area (Å²) in [6.07, 6.45) is 2.99. The number of hydrogen-bond acceptors (Lipinski definition) is 3. The Hall–Kier alpha value is -1.88. The molecule has 1 saturated carbocycles. The van der Waals surface area contributed by atoms with Crippen molar-refractivity contribution in [3.05, 3.63) is 35.4 Å². The molecule has 106 valence electrons. The molecule has 2 aliphatic rings. The smallest absolute Gasteiger partial charge is 0.321 e. The Morgan fingerprint density at radius 2 is 1.95 bits per heavy atom. The second-order valence-corrected chi connectivity index (χ2v) is 5.53. The van der Waals surface area contributed by atoms with Crippen molar-refractivity contribution in [2.24, 2.45) is 0 Å². The number of amides is 3. The van der Waals surface area contributed by atoms with Gasteiger partial charge in [-0.3, -0.25) is 15.0 Å². The minimum absolute atomic E-state index is 0.234. The SMILES string of the molecule is O=C(CN1CCc2ccccc2C1)NC(=O)NC1CC1. The first kappa shape index (κ1) is 13.1. The van der Waals surface area contributed by atoms with Crippen molar-refractivity contribution in [3.8, 4) is 0 Å². The lowest BCUT2D eigenvalue weighted by atomic mass is 10.00. The van der Waals surface area contributed by atoms with E-state index in [1.165, 1.54) is 11.1 Å². The van der Waals surface area contributed by atoms with Crippen molar-refractivity contribution in [3.63, 3.8) is 0 Å². The van der Waals surface area contributed by atoms with Crippen molar-refractivity contribution in [2.75, 3.05) is 13.1 Å².